The number of aliphatic imine (C=N–C) groups is 1. The molecule has 0 heterocycles. The summed E-state index contributed by atoms with van der Waals surface area (Å²) in [6, 6.07) is 15.5. The first-order chi connectivity index (χ1) is 10.2. The Labute approximate surface area is 124 Å². The van der Waals surface area contributed by atoms with Gasteiger partial charge in [0.05, 0.1) is 12.4 Å². The summed E-state index contributed by atoms with van der Waals surface area (Å²) in [5.74, 6) is 0.335. The Morgan fingerprint density at radius 2 is 1.90 bits per heavy atom. The number of benzene rings is 2. The minimum Gasteiger partial charge on any atom is -0.369 e. The predicted octanol–water partition coefficient (Wildman–Crippen LogP) is 3.82. The number of guanidine groups is 1. The van der Waals surface area contributed by atoms with Gasteiger partial charge in [-0.3, -0.25) is 4.39 Å². The molecule has 110 valence electrons. The van der Waals surface area contributed by atoms with Crippen LogP contribution in [0.5, 0.6) is 0 Å². The molecule has 0 bridgehead atoms. The zero-order valence-electron chi connectivity index (χ0n) is 12.1. The van der Waals surface area contributed by atoms with Crippen LogP contribution in [0.3, 0.4) is 0 Å². The molecule has 0 spiro atoms. The highest BCUT2D eigenvalue weighted by molar-refractivity contribution is 5.94. The maximum atomic E-state index is 12.2. The molecule has 0 aliphatic heterocycles. The molecule has 0 fully saturated rings. The lowest BCUT2D eigenvalue weighted by molar-refractivity contribution is 0.495. The van der Waals surface area contributed by atoms with Crippen molar-refractivity contribution >= 4 is 17.3 Å². The second-order valence-electron chi connectivity index (χ2n) is 4.78. The third-order valence-electron chi connectivity index (χ3n) is 3.18. The molecule has 0 saturated carbocycles. The molecule has 0 atom stereocenters. The first kappa shape index (κ1) is 15.0. The number of aryl methyl sites for hydroxylation is 2. The van der Waals surface area contributed by atoms with Crippen LogP contribution in [0.4, 0.5) is 15.8 Å². The molecule has 0 aliphatic rings. The molecule has 21 heavy (non-hydrogen) atoms. The lowest BCUT2D eigenvalue weighted by Gasteiger charge is -2.07. The molecule has 0 saturated heterocycles. The Morgan fingerprint density at radius 3 is 2.57 bits per heavy atom. The van der Waals surface area contributed by atoms with E-state index in [1.54, 1.807) is 0 Å². The van der Waals surface area contributed by atoms with Gasteiger partial charge in [0.2, 0.25) is 0 Å². The number of halogens is 1. The van der Waals surface area contributed by atoms with Gasteiger partial charge in [-0.05, 0) is 41.8 Å². The number of anilines is 1. The maximum Gasteiger partial charge on any atom is 0.198 e. The number of nitrogens with one attached hydrogen (secondary N) is 1. The molecule has 3 nitrogen and oxygen atoms in total. The maximum absolute atomic E-state index is 12.2. The van der Waals surface area contributed by atoms with Crippen molar-refractivity contribution < 1.29 is 4.39 Å². The van der Waals surface area contributed by atoms with E-state index in [0.29, 0.717) is 12.4 Å². The van der Waals surface area contributed by atoms with E-state index >= 15 is 0 Å². The first-order valence-corrected chi connectivity index (χ1v) is 7.06. The third-order valence-corrected chi connectivity index (χ3v) is 3.18. The van der Waals surface area contributed by atoms with Gasteiger partial charge in [-0.25, -0.2) is 4.99 Å². The molecule has 4 heteroatoms. The van der Waals surface area contributed by atoms with Gasteiger partial charge < -0.3 is 11.1 Å². The fourth-order valence-electron chi connectivity index (χ4n) is 2.03. The fourth-order valence-corrected chi connectivity index (χ4v) is 2.03. The number of hydrogen-bond donors (Lipinski definition) is 2. The van der Waals surface area contributed by atoms with E-state index in [4.69, 9.17) is 5.73 Å². The summed E-state index contributed by atoms with van der Waals surface area (Å²) in [5, 5.41) is 3.07. The van der Waals surface area contributed by atoms with Crippen LogP contribution in [0, 0.1) is 0 Å². The molecular formula is C17H20FN3. The van der Waals surface area contributed by atoms with Crippen LogP contribution in [-0.2, 0) is 12.8 Å². The number of hydrogen-bond acceptors (Lipinski definition) is 1. The van der Waals surface area contributed by atoms with Crippen molar-refractivity contribution in [3.05, 3.63) is 59.7 Å². The zero-order valence-corrected chi connectivity index (χ0v) is 12.1. The lowest BCUT2D eigenvalue weighted by atomic mass is 10.1. The number of rotatable bonds is 5. The van der Waals surface area contributed by atoms with E-state index in [-0.39, 0.29) is 6.67 Å². The summed E-state index contributed by atoms with van der Waals surface area (Å²) >= 11 is 0. The average molecular weight is 285 g/mol. The standard InChI is InChI=1S/C17H20FN3/c1-2-13-4-3-5-16(12-13)21-17(19)20-15-8-6-14(7-9-15)10-11-18/h3-9,12H,2,10-11H2,1H3,(H3,19,20,21). The highest BCUT2D eigenvalue weighted by atomic mass is 19.1. The molecule has 0 unspecified atom stereocenters. The van der Waals surface area contributed by atoms with Crippen molar-refractivity contribution in [3.63, 3.8) is 0 Å². The minimum absolute atomic E-state index is 0.335. The van der Waals surface area contributed by atoms with E-state index in [9.17, 15) is 4.39 Å². The molecule has 2 aromatic rings. The van der Waals surface area contributed by atoms with Crippen LogP contribution in [0.25, 0.3) is 0 Å². The summed E-state index contributed by atoms with van der Waals surface area (Å²) in [4.78, 5) is 4.30. The van der Waals surface area contributed by atoms with Crippen LogP contribution in [0.2, 0.25) is 0 Å². The Bertz CT molecular complexity index is 606. The van der Waals surface area contributed by atoms with Gasteiger partial charge in [-0.2, -0.15) is 0 Å². The van der Waals surface area contributed by atoms with E-state index in [1.807, 2.05) is 42.5 Å². The minimum atomic E-state index is -0.347. The van der Waals surface area contributed by atoms with Gasteiger partial charge >= 0.3 is 0 Å². The second-order valence-corrected chi connectivity index (χ2v) is 4.78. The summed E-state index contributed by atoms with van der Waals surface area (Å²) in [6.45, 7) is 1.76. The number of alkyl halides is 1. The van der Waals surface area contributed by atoms with Gasteiger partial charge in [0.25, 0.3) is 0 Å². The molecule has 2 aromatic carbocycles. The van der Waals surface area contributed by atoms with Gasteiger partial charge in [0.1, 0.15) is 0 Å². The first-order valence-electron chi connectivity index (χ1n) is 7.06. The summed E-state index contributed by atoms with van der Waals surface area (Å²) in [6.07, 6.45) is 1.41. The lowest BCUT2D eigenvalue weighted by Crippen LogP contribution is -2.21. The van der Waals surface area contributed by atoms with Crippen LogP contribution in [0.1, 0.15) is 18.1 Å². The Morgan fingerprint density at radius 1 is 1.14 bits per heavy atom. The molecule has 0 aliphatic carbocycles. The summed E-state index contributed by atoms with van der Waals surface area (Å²) in [5.41, 5.74) is 9.77. The van der Waals surface area contributed by atoms with Crippen molar-refractivity contribution in [3.8, 4) is 0 Å². The highest BCUT2D eigenvalue weighted by Crippen LogP contribution is 2.15. The Hall–Kier alpha value is -2.36. The van der Waals surface area contributed by atoms with Gasteiger partial charge in [0, 0.05) is 12.1 Å². The monoisotopic (exact) mass is 285 g/mol. The number of nitrogens with zero attached hydrogens (tertiary/aromatic N) is 1. The third kappa shape index (κ3) is 4.60. The SMILES string of the molecule is CCc1cccc(NC(N)=Nc2ccc(CCF)cc2)c1. The summed E-state index contributed by atoms with van der Waals surface area (Å²) < 4.78 is 12.2. The van der Waals surface area contributed by atoms with Gasteiger partial charge in [0.15, 0.2) is 5.96 Å². The Balaban J connectivity index is 2.06. The molecular weight excluding hydrogens is 265 g/mol. The highest BCUT2D eigenvalue weighted by Gasteiger charge is 1.98. The fraction of sp³-hybridized carbons (Fsp3) is 0.235. The van der Waals surface area contributed by atoms with Gasteiger partial charge in [-0.15, -0.1) is 0 Å². The Kier molecular flexibility index (Phi) is 5.32. The van der Waals surface area contributed by atoms with Crippen LogP contribution in [0.15, 0.2) is 53.5 Å². The van der Waals surface area contributed by atoms with Crippen molar-refractivity contribution in [1.82, 2.24) is 0 Å². The van der Waals surface area contributed by atoms with Gasteiger partial charge in [-0.1, -0.05) is 31.2 Å². The van der Waals surface area contributed by atoms with E-state index in [2.05, 4.69) is 23.3 Å². The number of nitrogens with two attached hydrogens (primary N) is 1. The predicted molar refractivity (Wildman–Crippen MR) is 86.8 cm³/mol. The van der Waals surface area contributed by atoms with Crippen molar-refractivity contribution in [2.24, 2.45) is 10.7 Å². The molecule has 2 rings (SSSR count). The van der Waals surface area contributed by atoms with Crippen molar-refractivity contribution in [1.29, 1.82) is 0 Å². The topological polar surface area (TPSA) is 50.4 Å². The second kappa shape index (κ2) is 7.43. The zero-order chi connectivity index (χ0) is 15.1. The summed E-state index contributed by atoms with van der Waals surface area (Å²) in [7, 11) is 0. The molecule has 0 radical (unpaired) electrons. The van der Waals surface area contributed by atoms with Crippen LogP contribution >= 0.6 is 0 Å². The van der Waals surface area contributed by atoms with E-state index < -0.39 is 0 Å². The van der Waals surface area contributed by atoms with E-state index in [0.717, 1.165) is 23.4 Å². The molecule has 0 aromatic heterocycles. The molecule has 3 N–H and O–H groups in total. The molecule has 0 amide bonds. The average Bonchev–Trinajstić information content (AvgIpc) is 2.49. The largest absolute Gasteiger partial charge is 0.369 e. The van der Waals surface area contributed by atoms with Crippen LogP contribution in [-0.4, -0.2) is 12.6 Å². The van der Waals surface area contributed by atoms with Crippen molar-refractivity contribution in [2.45, 2.75) is 19.8 Å². The van der Waals surface area contributed by atoms with Crippen LogP contribution < -0.4 is 11.1 Å². The normalized spacial score (nSPS) is 11.4. The van der Waals surface area contributed by atoms with E-state index in [1.165, 1.54) is 5.56 Å². The smallest absolute Gasteiger partial charge is 0.198 e. The van der Waals surface area contributed by atoms with Crippen molar-refractivity contribution in [2.75, 3.05) is 12.0 Å². The quantitative estimate of drug-likeness (QED) is 0.648.